The zero-order chi connectivity index (χ0) is 13.6. The van der Waals surface area contributed by atoms with Crippen molar-refractivity contribution in [1.29, 1.82) is 0 Å². The molecule has 2 aromatic carbocycles. The zero-order valence-corrected chi connectivity index (χ0v) is 11.8. The van der Waals surface area contributed by atoms with E-state index in [1.807, 2.05) is 6.07 Å². The number of nitrogens with two attached hydrogens (primary N) is 1. The van der Waals surface area contributed by atoms with E-state index in [9.17, 15) is 0 Å². The van der Waals surface area contributed by atoms with Crippen LogP contribution in [0.3, 0.4) is 0 Å². The third kappa shape index (κ3) is 2.14. The molecule has 1 aromatic heterocycles. The minimum atomic E-state index is 0.482. The molecule has 3 nitrogen and oxygen atoms in total. The quantitative estimate of drug-likeness (QED) is 0.636. The molecule has 0 fully saturated rings. The molecular weight excluding hydrogens is 305 g/mol. The van der Waals surface area contributed by atoms with Crippen LogP contribution >= 0.6 is 34.8 Å². The van der Waals surface area contributed by atoms with Gasteiger partial charge in [0.25, 0.3) is 0 Å². The van der Waals surface area contributed by atoms with Gasteiger partial charge in [0.15, 0.2) is 0 Å². The predicted molar refractivity (Wildman–Crippen MR) is 81.0 cm³/mol. The van der Waals surface area contributed by atoms with E-state index < -0.39 is 0 Å². The molecule has 0 saturated heterocycles. The Morgan fingerprint density at radius 1 is 0.947 bits per heavy atom. The fraction of sp³-hybridized carbons (Fsp3) is 0. The average molecular weight is 313 g/mol. The van der Waals surface area contributed by atoms with Crippen molar-refractivity contribution in [2.24, 2.45) is 0 Å². The highest BCUT2D eigenvalue weighted by molar-refractivity contribution is 6.39. The first kappa shape index (κ1) is 12.6. The van der Waals surface area contributed by atoms with Gasteiger partial charge in [0.1, 0.15) is 11.3 Å². The number of nitrogen functional groups attached to an aromatic ring is 1. The van der Waals surface area contributed by atoms with E-state index in [4.69, 9.17) is 40.5 Å². The third-order valence-corrected chi connectivity index (χ3v) is 3.77. The summed E-state index contributed by atoms with van der Waals surface area (Å²) in [6.45, 7) is 0. The van der Waals surface area contributed by atoms with Crippen molar-refractivity contribution in [1.82, 2.24) is 9.97 Å². The van der Waals surface area contributed by atoms with E-state index in [1.54, 1.807) is 24.3 Å². The standard InChI is InChI=1S/C13H8Cl3N3/c14-7-2-3-8(15)12-11(7)18-13(19-12)6-1-4-10(17)9(16)5-6/h1-5H,17H2,(H,18,19). The van der Waals surface area contributed by atoms with E-state index in [2.05, 4.69) is 9.97 Å². The molecule has 0 spiro atoms. The zero-order valence-electron chi connectivity index (χ0n) is 9.55. The van der Waals surface area contributed by atoms with Crippen LogP contribution in [-0.4, -0.2) is 9.97 Å². The number of rotatable bonds is 1. The molecule has 0 radical (unpaired) electrons. The summed E-state index contributed by atoms with van der Waals surface area (Å²) in [5.41, 5.74) is 8.37. The van der Waals surface area contributed by atoms with Crippen molar-refractivity contribution < 1.29 is 0 Å². The van der Waals surface area contributed by atoms with Gasteiger partial charge in [-0.1, -0.05) is 34.8 Å². The number of nitrogens with one attached hydrogen (secondary N) is 1. The van der Waals surface area contributed by atoms with Gasteiger partial charge in [0, 0.05) is 5.56 Å². The topological polar surface area (TPSA) is 54.7 Å². The lowest BCUT2D eigenvalue weighted by Crippen LogP contribution is -1.87. The Kier molecular flexibility index (Phi) is 3.05. The van der Waals surface area contributed by atoms with Crippen LogP contribution in [0.2, 0.25) is 15.1 Å². The van der Waals surface area contributed by atoms with Crippen LogP contribution in [0.5, 0.6) is 0 Å². The first-order valence-electron chi connectivity index (χ1n) is 5.45. The minimum absolute atomic E-state index is 0.482. The monoisotopic (exact) mass is 311 g/mol. The lowest BCUT2D eigenvalue weighted by Gasteiger charge is -2.00. The molecule has 0 bridgehead atoms. The van der Waals surface area contributed by atoms with Crippen molar-refractivity contribution in [3.8, 4) is 11.4 Å². The molecule has 3 rings (SSSR count). The van der Waals surface area contributed by atoms with Gasteiger partial charge in [-0.25, -0.2) is 4.98 Å². The van der Waals surface area contributed by atoms with E-state index in [0.29, 0.717) is 37.6 Å². The van der Waals surface area contributed by atoms with Gasteiger partial charge in [0.2, 0.25) is 0 Å². The largest absolute Gasteiger partial charge is 0.398 e. The maximum atomic E-state index is 6.11. The van der Waals surface area contributed by atoms with Crippen LogP contribution < -0.4 is 5.73 Å². The molecule has 0 amide bonds. The number of H-pyrrole nitrogens is 1. The molecular formula is C13H8Cl3N3. The van der Waals surface area contributed by atoms with Crippen LogP contribution in [0, 0.1) is 0 Å². The summed E-state index contributed by atoms with van der Waals surface area (Å²) in [6.07, 6.45) is 0. The van der Waals surface area contributed by atoms with Crippen molar-refractivity contribution in [3.63, 3.8) is 0 Å². The molecule has 3 aromatic rings. The average Bonchev–Trinajstić information content (AvgIpc) is 2.83. The Morgan fingerprint density at radius 3 is 2.37 bits per heavy atom. The molecule has 0 aliphatic heterocycles. The van der Waals surface area contributed by atoms with Crippen molar-refractivity contribution >= 4 is 51.5 Å². The first-order valence-corrected chi connectivity index (χ1v) is 6.59. The predicted octanol–water partition coefficient (Wildman–Crippen LogP) is 4.77. The number of hydrogen-bond acceptors (Lipinski definition) is 2. The van der Waals surface area contributed by atoms with Gasteiger partial charge in [-0.2, -0.15) is 0 Å². The van der Waals surface area contributed by atoms with Gasteiger partial charge in [0.05, 0.1) is 26.3 Å². The number of halogens is 3. The highest BCUT2D eigenvalue weighted by atomic mass is 35.5. The lowest BCUT2D eigenvalue weighted by atomic mass is 10.2. The number of aromatic nitrogens is 2. The second-order valence-electron chi connectivity index (χ2n) is 4.07. The molecule has 0 atom stereocenters. The molecule has 19 heavy (non-hydrogen) atoms. The number of anilines is 1. The van der Waals surface area contributed by atoms with E-state index in [1.165, 1.54) is 0 Å². The Hall–Kier alpha value is -1.42. The maximum absolute atomic E-state index is 6.11. The highest BCUT2D eigenvalue weighted by Crippen LogP contribution is 2.32. The van der Waals surface area contributed by atoms with Gasteiger partial charge in [-0.15, -0.1) is 0 Å². The molecule has 96 valence electrons. The first-order chi connectivity index (χ1) is 9.06. The van der Waals surface area contributed by atoms with Gasteiger partial charge in [-0.3, -0.25) is 0 Å². The van der Waals surface area contributed by atoms with Gasteiger partial charge < -0.3 is 10.7 Å². The summed E-state index contributed by atoms with van der Waals surface area (Å²) in [6, 6.07) is 8.75. The Labute approximate surface area is 124 Å². The fourth-order valence-electron chi connectivity index (χ4n) is 1.84. The van der Waals surface area contributed by atoms with Crippen LogP contribution in [0.15, 0.2) is 30.3 Å². The van der Waals surface area contributed by atoms with Crippen LogP contribution in [0.1, 0.15) is 0 Å². The van der Waals surface area contributed by atoms with Crippen molar-refractivity contribution in [2.45, 2.75) is 0 Å². The summed E-state index contributed by atoms with van der Waals surface area (Å²) in [5.74, 6) is 0.645. The summed E-state index contributed by atoms with van der Waals surface area (Å²) < 4.78 is 0. The normalized spacial score (nSPS) is 11.1. The maximum Gasteiger partial charge on any atom is 0.138 e. The second kappa shape index (κ2) is 4.60. The number of fused-ring (bicyclic) bond motifs is 1. The smallest absolute Gasteiger partial charge is 0.138 e. The van der Waals surface area contributed by atoms with Crippen LogP contribution in [0.25, 0.3) is 22.4 Å². The Morgan fingerprint density at radius 2 is 1.68 bits per heavy atom. The number of imidazole rings is 1. The van der Waals surface area contributed by atoms with Crippen molar-refractivity contribution in [2.75, 3.05) is 5.73 Å². The summed E-state index contributed by atoms with van der Waals surface area (Å²) >= 11 is 18.2. The second-order valence-corrected chi connectivity index (χ2v) is 5.30. The molecule has 3 N–H and O–H groups in total. The number of hydrogen-bond donors (Lipinski definition) is 2. The molecule has 0 saturated carbocycles. The van der Waals surface area contributed by atoms with Crippen LogP contribution in [0.4, 0.5) is 5.69 Å². The summed E-state index contributed by atoms with van der Waals surface area (Å²) in [4.78, 5) is 7.58. The Balaban J connectivity index is 2.23. The number of nitrogens with zero attached hydrogens (tertiary/aromatic N) is 1. The van der Waals surface area contributed by atoms with E-state index in [0.717, 1.165) is 5.56 Å². The molecule has 0 aliphatic rings. The molecule has 6 heteroatoms. The van der Waals surface area contributed by atoms with E-state index in [-0.39, 0.29) is 0 Å². The lowest BCUT2D eigenvalue weighted by molar-refractivity contribution is 1.34. The van der Waals surface area contributed by atoms with Crippen molar-refractivity contribution in [3.05, 3.63) is 45.4 Å². The minimum Gasteiger partial charge on any atom is -0.398 e. The van der Waals surface area contributed by atoms with Gasteiger partial charge in [-0.05, 0) is 30.3 Å². The number of aromatic amines is 1. The fourth-order valence-corrected chi connectivity index (χ4v) is 2.42. The SMILES string of the molecule is Nc1ccc(-c2nc3c(Cl)ccc(Cl)c3[nH]2)cc1Cl. The third-order valence-electron chi connectivity index (χ3n) is 2.82. The summed E-state index contributed by atoms with van der Waals surface area (Å²) in [7, 11) is 0. The van der Waals surface area contributed by atoms with E-state index >= 15 is 0 Å². The number of benzene rings is 2. The molecule has 1 heterocycles. The van der Waals surface area contributed by atoms with Crippen LogP contribution in [-0.2, 0) is 0 Å². The summed E-state index contributed by atoms with van der Waals surface area (Å²) in [5, 5.41) is 1.60. The molecule has 0 unspecified atom stereocenters. The van der Waals surface area contributed by atoms with Gasteiger partial charge >= 0.3 is 0 Å². The molecule has 0 aliphatic carbocycles. The Bertz CT molecular complexity index is 741. The highest BCUT2D eigenvalue weighted by Gasteiger charge is 2.11.